The number of hydrogen-bond acceptors (Lipinski definition) is 3. The molecular weight excluding hydrogens is 393 g/mol. The number of pyridine rings is 1. The van der Waals surface area contributed by atoms with E-state index in [4.69, 9.17) is 0 Å². The number of hydrogen-bond donors (Lipinski definition) is 1. The molecule has 0 atom stereocenters. The number of nitrogens with zero attached hydrogens (tertiary/aromatic N) is 1. The highest BCUT2D eigenvalue weighted by Crippen LogP contribution is 2.29. The zero-order chi connectivity index (χ0) is 17.0. The SMILES string of the molecule is Cc1cc(Br)ccc1NC(=O)CSc1ccc(C(F)(F)F)cn1. The highest BCUT2D eigenvalue weighted by Gasteiger charge is 2.30. The Morgan fingerprint density at radius 2 is 2.04 bits per heavy atom. The molecule has 23 heavy (non-hydrogen) atoms. The molecular formula is C15H12BrF3N2OS. The second kappa shape index (κ2) is 7.35. The molecule has 122 valence electrons. The third-order valence-electron chi connectivity index (χ3n) is 2.88. The fourth-order valence-electron chi connectivity index (χ4n) is 1.73. The fourth-order valence-corrected chi connectivity index (χ4v) is 2.84. The van der Waals surface area contributed by atoms with Crippen LogP contribution in [0.5, 0.6) is 0 Å². The summed E-state index contributed by atoms with van der Waals surface area (Å²) in [6, 6.07) is 7.67. The van der Waals surface area contributed by atoms with Crippen LogP contribution in [0.4, 0.5) is 18.9 Å². The highest BCUT2D eigenvalue weighted by atomic mass is 79.9. The van der Waals surface area contributed by atoms with Gasteiger partial charge in [0, 0.05) is 16.4 Å². The predicted octanol–water partition coefficient (Wildman–Crippen LogP) is 4.90. The first-order valence-corrected chi connectivity index (χ1v) is 8.25. The van der Waals surface area contributed by atoms with Crippen molar-refractivity contribution in [3.05, 3.63) is 52.1 Å². The second-order valence-electron chi connectivity index (χ2n) is 4.68. The maximum Gasteiger partial charge on any atom is 0.417 e. The largest absolute Gasteiger partial charge is 0.417 e. The number of rotatable bonds is 4. The zero-order valence-electron chi connectivity index (χ0n) is 11.9. The van der Waals surface area contributed by atoms with Crippen molar-refractivity contribution >= 4 is 39.3 Å². The van der Waals surface area contributed by atoms with Gasteiger partial charge in [0.25, 0.3) is 0 Å². The molecule has 0 unspecified atom stereocenters. The molecule has 3 nitrogen and oxygen atoms in total. The molecule has 8 heteroatoms. The summed E-state index contributed by atoms with van der Waals surface area (Å²) < 4.78 is 38.2. The van der Waals surface area contributed by atoms with Gasteiger partial charge in [0.15, 0.2) is 0 Å². The number of anilines is 1. The van der Waals surface area contributed by atoms with Gasteiger partial charge in [-0.1, -0.05) is 27.7 Å². The van der Waals surface area contributed by atoms with E-state index in [0.717, 1.165) is 34.1 Å². The monoisotopic (exact) mass is 404 g/mol. The van der Waals surface area contributed by atoms with Crippen LogP contribution in [-0.2, 0) is 11.0 Å². The maximum absolute atomic E-state index is 12.4. The number of alkyl halides is 3. The number of aromatic nitrogens is 1. The molecule has 0 spiro atoms. The van der Waals surface area contributed by atoms with Gasteiger partial charge in [-0.25, -0.2) is 4.98 Å². The smallest absolute Gasteiger partial charge is 0.325 e. The van der Waals surface area contributed by atoms with Crippen LogP contribution in [0.2, 0.25) is 0 Å². The Bertz CT molecular complexity index is 705. The van der Waals surface area contributed by atoms with E-state index in [1.54, 1.807) is 6.07 Å². The van der Waals surface area contributed by atoms with Crippen molar-refractivity contribution in [2.24, 2.45) is 0 Å². The van der Waals surface area contributed by atoms with Gasteiger partial charge in [-0.2, -0.15) is 13.2 Å². The number of carbonyl (C=O) groups is 1. The van der Waals surface area contributed by atoms with E-state index < -0.39 is 11.7 Å². The number of aryl methyl sites for hydroxylation is 1. The molecule has 2 aromatic rings. The van der Waals surface area contributed by atoms with Crippen molar-refractivity contribution in [2.75, 3.05) is 11.1 Å². The van der Waals surface area contributed by atoms with E-state index in [0.29, 0.717) is 10.7 Å². The van der Waals surface area contributed by atoms with Crippen LogP contribution in [-0.4, -0.2) is 16.6 Å². The summed E-state index contributed by atoms with van der Waals surface area (Å²) in [4.78, 5) is 15.6. The van der Waals surface area contributed by atoms with Gasteiger partial charge in [-0.05, 0) is 42.8 Å². The van der Waals surface area contributed by atoms with E-state index in [2.05, 4.69) is 26.2 Å². The summed E-state index contributed by atoms with van der Waals surface area (Å²) >= 11 is 4.41. The molecule has 0 radical (unpaired) electrons. The Hall–Kier alpha value is -1.54. The molecule has 0 aliphatic rings. The molecule has 1 N–H and O–H groups in total. The number of benzene rings is 1. The lowest BCUT2D eigenvalue weighted by Gasteiger charge is -2.09. The normalized spacial score (nSPS) is 11.3. The van der Waals surface area contributed by atoms with Gasteiger partial charge < -0.3 is 5.32 Å². The topological polar surface area (TPSA) is 42.0 Å². The van der Waals surface area contributed by atoms with Gasteiger partial charge in [0.2, 0.25) is 5.91 Å². The first-order valence-electron chi connectivity index (χ1n) is 6.48. The quantitative estimate of drug-likeness (QED) is 0.736. The Kier molecular flexibility index (Phi) is 5.69. The zero-order valence-corrected chi connectivity index (χ0v) is 14.3. The molecule has 1 amide bonds. The highest BCUT2D eigenvalue weighted by molar-refractivity contribution is 9.10. The minimum absolute atomic E-state index is 0.0634. The molecule has 1 aromatic heterocycles. The first kappa shape index (κ1) is 17.8. The number of nitrogens with one attached hydrogen (secondary N) is 1. The average molecular weight is 405 g/mol. The number of thioether (sulfide) groups is 1. The van der Waals surface area contributed by atoms with Crippen LogP contribution in [0.15, 0.2) is 46.0 Å². The fraction of sp³-hybridized carbons (Fsp3) is 0.200. The van der Waals surface area contributed by atoms with Crippen molar-refractivity contribution in [3.63, 3.8) is 0 Å². The van der Waals surface area contributed by atoms with Gasteiger partial charge >= 0.3 is 6.18 Å². The summed E-state index contributed by atoms with van der Waals surface area (Å²) in [5, 5.41) is 3.12. The van der Waals surface area contributed by atoms with Gasteiger partial charge in [0.1, 0.15) is 0 Å². The molecule has 0 aliphatic heterocycles. The number of amides is 1. The first-order chi connectivity index (χ1) is 10.8. The van der Waals surface area contributed by atoms with Gasteiger partial charge in [-0.15, -0.1) is 0 Å². The van der Waals surface area contributed by atoms with E-state index in [1.807, 2.05) is 19.1 Å². The van der Waals surface area contributed by atoms with Crippen LogP contribution in [0.1, 0.15) is 11.1 Å². The molecule has 0 saturated heterocycles. The predicted molar refractivity (Wildman–Crippen MR) is 87.5 cm³/mol. The van der Waals surface area contributed by atoms with Crippen molar-refractivity contribution in [2.45, 2.75) is 18.1 Å². The van der Waals surface area contributed by atoms with E-state index in [9.17, 15) is 18.0 Å². The standard InChI is InChI=1S/C15H12BrF3N2OS/c1-9-6-11(16)3-4-12(9)21-13(22)8-23-14-5-2-10(7-20-14)15(17,18)19/h2-7H,8H2,1H3,(H,21,22). The average Bonchev–Trinajstić information content (AvgIpc) is 2.47. The molecule has 2 rings (SSSR count). The summed E-state index contributed by atoms with van der Waals surface area (Å²) in [7, 11) is 0. The molecule has 0 aliphatic carbocycles. The third-order valence-corrected chi connectivity index (χ3v) is 4.31. The Morgan fingerprint density at radius 1 is 1.30 bits per heavy atom. The number of halogens is 4. The molecule has 1 heterocycles. The lowest BCUT2D eigenvalue weighted by Crippen LogP contribution is -2.15. The van der Waals surface area contributed by atoms with Crippen LogP contribution < -0.4 is 5.32 Å². The minimum atomic E-state index is -4.41. The molecule has 0 saturated carbocycles. The molecule has 0 bridgehead atoms. The minimum Gasteiger partial charge on any atom is -0.325 e. The Balaban J connectivity index is 1.91. The second-order valence-corrected chi connectivity index (χ2v) is 6.59. The summed E-state index contributed by atoms with van der Waals surface area (Å²) in [5.74, 6) is -0.185. The van der Waals surface area contributed by atoms with E-state index in [1.165, 1.54) is 6.07 Å². The van der Waals surface area contributed by atoms with Crippen LogP contribution in [0.3, 0.4) is 0 Å². The van der Waals surface area contributed by atoms with E-state index >= 15 is 0 Å². The maximum atomic E-state index is 12.4. The summed E-state index contributed by atoms with van der Waals surface area (Å²) in [6.45, 7) is 1.87. The molecule has 0 fully saturated rings. The lowest BCUT2D eigenvalue weighted by atomic mass is 10.2. The van der Waals surface area contributed by atoms with Gasteiger partial charge in [0.05, 0.1) is 16.3 Å². The number of carbonyl (C=O) groups excluding carboxylic acids is 1. The van der Waals surface area contributed by atoms with Crippen molar-refractivity contribution in [1.29, 1.82) is 0 Å². The van der Waals surface area contributed by atoms with Crippen molar-refractivity contribution < 1.29 is 18.0 Å². The van der Waals surface area contributed by atoms with Crippen molar-refractivity contribution in [1.82, 2.24) is 4.98 Å². The van der Waals surface area contributed by atoms with Gasteiger partial charge in [-0.3, -0.25) is 4.79 Å². The Labute approximate surface area is 143 Å². The van der Waals surface area contributed by atoms with Crippen LogP contribution in [0.25, 0.3) is 0 Å². The van der Waals surface area contributed by atoms with Crippen molar-refractivity contribution in [3.8, 4) is 0 Å². The van der Waals surface area contributed by atoms with Crippen LogP contribution in [0, 0.1) is 6.92 Å². The summed E-state index contributed by atoms with van der Waals surface area (Å²) in [5.41, 5.74) is 0.793. The Morgan fingerprint density at radius 3 is 2.61 bits per heavy atom. The lowest BCUT2D eigenvalue weighted by molar-refractivity contribution is -0.137. The molecule has 1 aromatic carbocycles. The van der Waals surface area contributed by atoms with Crippen LogP contribution >= 0.6 is 27.7 Å². The van der Waals surface area contributed by atoms with E-state index in [-0.39, 0.29) is 11.7 Å². The third kappa shape index (κ3) is 5.24. The summed E-state index contributed by atoms with van der Waals surface area (Å²) in [6.07, 6.45) is -3.65.